The molecule has 0 saturated carbocycles. The van der Waals surface area contributed by atoms with Gasteiger partial charge in [-0.1, -0.05) is 17.7 Å². The van der Waals surface area contributed by atoms with E-state index in [-0.39, 0.29) is 23.0 Å². The molecule has 0 bridgehead atoms. The molecule has 0 heterocycles. The second-order valence-electron chi connectivity index (χ2n) is 4.39. The summed E-state index contributed by atoms with van der Waals surface area (Å²) in [4.78, 5) is 11.9. The monoisotopic (exact) mass is 308 g/mol. The molecule has 3 N–H and O–H groups in total. The van der Waals surface area contributed by atoms with Gasteiger partial charge in [0.2, 0.25) is 0 Å². The van der Waals surface area contributed by atoms with Gasteiger partial charge >= 0.3 is 0 Å². The van der Waals surface area contributed by atoms with Crippen molar-refractivity contribution in [3.05, 3.63) is 58.4 Å². The van der Waals surface area contributed by atoms with Gasteiger partial charge in [0.1, 0.15) is 11.6 Å². The summed E-state index contributed by atoms with van der Waals surface area (Å²) in [5.41, 5.74) is 7.29. The van der Waals surface area contributed by atoms with Crippen molar-refractivity contribution in [1.82, 2.24) is 5.32 Å². The van der Waals surface area contributed by atoms with E-state index in [1.54, 1.807) is 18.2 Å². The van der Waals surface area contributed by atoms with Crippen LogP contribution in [0.1, 0.15) is 15.9 Å². The lowest BCUT2D eigenvalue weighted by atomic mass is 10.1. The molecule has 0 aliphatic heterocycles. The number of nitrogen functional groups attached to an aromatic ring is 1. The van der Waals surface area contributed by atoms with Crippen molar-refractivity contribution < 1.29 is 13.9 Å². The Kier molecular flexibility index (Phi) is 4.65. The van der Waals surface area contributed by atoms with Gasteiger partial charge in [-0.2, -0.15) is 0 Å². The van der Waals surface area contributed by atoms with E-state index in [2.05, 4.69) is 5.32 Å². The van der Waals surface area contributed by atoms with Crippen molar-refractivity contribution in [3.63, 3.8) is 0 Å². The molecule has 0 unspecified atom stereocenters. The van der Waals surface area contributed by atoms with Crippen LogP contribution in [-0.4, -0.2) is 13.0 Å². The zero-order valence-electron chi connectivity index (χ0n) is 11.3. The lowest BCUT2D eigenvalue weighted by Crippen LogP contribution is -2.23. The Morgan fingerprint density at radius 2 is 2.10 bits per heavy atom. The highest BCUT2D eigenvalue weighted by Crippen LogP contribution is 2.22. The molecule has 1 amide bonds. The number of amides is 1. The summed E-state index contributed by atoms with van der Waals surface area (Å²) in [7, 11) is 1.53. The Bertz CT molecular complexity index is 677. The molecule has 2 aromatic carbocycles. The summed E-state index contributed by atoms with van der Waals surface area (Å²) in [6, 6.07) is 9.12. The van der Waals surface area contributed by atoms with Crippen LogP contribution >= 0.6 is 11.6 Å². The van der Waals surface area contributed by atoms with Crippen molar-refractivity contribution in [3.8, 4) is 5.75 Å². The van der Waals surface area contributed by atoms with Gasteiger partial charge in [0, 0.05) is 12.1 Å². The Balaban J connectivity index is 2.03. The van der Waals surface area contributed by atoms with Crippen LogP contribution in [0.15, 0.2) is 36.4 Å². The van der Waals surface area contributed by atoms with Crippen LogP contribution in [0.5, 0.6) is 5.75 Å². The zero-order valence-corrected chi connectivity index (χ0v) is 12.1. The molecule has 0 aliphatic rings. The predicted octanol–water partition coefficient (Wildman–Crippen LogP) is 3.00. The van der Waals surface area contributed by atoms with Crippen molar-refractivity contribution >= 4 is 23.2 Å². The summed E-state index contributed by atoms with van der Waals surface area (Å²) in [5.74, 6) is -0.442. The number of nitrogens with two attached hydrogens (primary N) is 1. The fourth-order valence-corrected chi connectivity index (χ4v) is 1.93. The fraction of sp³-hybridized carbons (Fsp3) is 0.133. The van der Waals surface area contributed by atoms with E-state index in [9.17, 15) is 9.18 Å². The second kappa shape index (κ2) is 6.45. The average Bonchev–Trinajstić information content (AvgIpc) is 2.47. The highest BCUT2D eigenvalue weighted by atomic mass is 35.5. The van der Waals surface area contributed by atoms with Crippen molar-refractivity contribution in [1.29, 1.82) is 0 Å². The Morgan fingerprint density at radius 3 is 2.71 bits per heavy atom. The Hall–Kier alpha value is -2.27. The van der Waals surface area contributed by atoms with Crippen LogP contribution in [0.3, 0.4) is 0 Å². The molecule has 21 heavy (non-hydrogen) atoms. The van der Waals surface area contributed by atoms with Gasteiger partial charge in [0.15, 0.2) is 0 Å². The summed E-state index contributed by atoms with van der Waals surface area (Å²) in [6.07, 6.45) is 0. The zero-order chi connectivity index (χ0) is 15.4. The smallest absolute Gasteiger partial charge is 0.251 e. The third-order valence-corrected chi connectivity index (χ3v) is 3.24. The predicted molar refractivity (Wildman–Crippen MR) is 80.0 cm³/mol. The molecule has 4 nitrogen and oxygen atoms in total. The highest BCUT2D eigenvalue weighted by Gasteiger charge is 2.09. The van der Waals surface area contributed by atoms with Crippen LogP contribution in [0.25, 0.3) is 0 Å². The van der Waals surface area contributed by atoms with Crippen molar-refractivity contribution in [2.75, 3.05) is 12.8 Å². The van der Waals surface area contributed by atoms with E-state index in [1.807, 2.05) is 0 Å². The first-order valence-corrected chi connectivity index (χ1v) is 6.54. The van der Waals surface area contributed by atoms with Crippen LogP contribution < -0.4 is 15.8 Å². The molecule has 0 atom stereocenters. The normalized spacial score (nSPS) is 10.2. The maximum atomic E-state index is 13.3. The number of methoxy groups -OCH3 is 1. The van der Waals surface area contributed by atoms with Crippen molar-refractivity contribution in [2.45, 2.75) is 6.54 Å². The molecule has 0 saturated heterocycles. The Morgan fingerprint density at radius 1 is 1.33 bits per heavy atom. The molecular weight excluding hydrogens is 295 g/mol. The van der Waals surface area contributed by atoms with Crippen molar-refractivity contribution in [2.24, 2.45) is 0 Å². The maximum absolute atomic E-state index is 13.3. The van der Waals surface area contributed by atoms with E-state index in [0.717, 1.165) is 11.6 Å². The SMILES string of the molecule is COc1ccc(CNC(=O)c2ccc(Cl)c(F)c2)cc1N. The number of ether oxygens (including phenoxy) is 1. The van der Waals surface area contributed by atoms with Crippen LogP contribution in [0.2, 0.25) is 5.02 Å². The standard InChI is InChI=1S/C15H14ClFN2O2/c1-21-14-5-2-9(6-13(14)18)8-19-15(20)10-3-4-11(16)12(17)7-10/h2-7H,8,18H2,1H3,(H,19,20). The minimum atomic E-state index is -0.627. The quantitative estimate of drug-likeness (QED) is 0.853. The molecule has 2 rings (SSSR count). The second-order valence-corrected chi connectivity index (χ2v) is 4.80. The fourth-order valence-electron chi connectivity index (χ4n) is 1.82. The van der Waals surface area contributed by atoms with Gasteiger partial charge in [-0.05, 0) is 35.9 Å². The summed E-state index contributed by atoms with van der Waals surface area (Å²) >= 11 is 5.57. The number of rotatable bonds is 4. The lowest BCUT2D eigenvalue weighted by Gasteiger charge is -2.09. The molecule has 0 spiro atoms. The number of carbonyl (C=O) groups is 1. The average molecular weight is 309 g/mol. The first kappa shape index (κ1) is 15.1. The minimum Gasteiger partial charge on any atom is -0.495 e. The van der Waals surface area contributed by atoms with Crippen LogP contribution in [-0.2, 0) is 6.54 Å². The van der Waals surface area contributed by atoms with Gasteiger partial charge in [-0.3, -0.25) is 4.79 Å². The summed E-state index contributed by atoms with van der Waals surface area (Å²) < 4.78 is 18.3. The molecule has 110 valence electrons. The van der Waals surface area contributed by atoms with Crippen LogP contribution in [0, 0.1) is 5.82 Å². The summed E-state index contributed by atoms with van der Waals surface area (Å²) in [5, 5.41) is 2.66. The molecule has 0 fully saturated rings. The van der Waals surface area contributed by atoms with Gasteiger partial charge in [0.05, 0.1) is 17.8 Å². The molecular formula is C15H14ClFN2O2. The van der Waals surface area contributed by atoms with Gasteiger partial charge in [-0.15, -0.1) is 0 Å². The number of carbonyl (C=O) groups excluding carboxylic acids is 1. The lowest BCUT2D eigenvalue weighted by molar-refractivity contribution is 0.0950. The number of halogens is 2. The number of benzene rings is 2. The largest absolute Gasteiger partial charge is 0.495 e. The van der Waals surface area contributed by atoms with E-state index in [1.165, 1.54) is 19.2 Å². The molecule has 2 aromatic rings. The third kappa shape index (κ3) is 3.64. The number of hydrogen-bond acceptors (Lipinski definition) is 3. The Labute approximate surface area is 126 Å². The van der Waals surface area contributed by atoms with Gasteiger partial charge in [0.25, 0.3) is 5.91 Å². The molecule has 0 aliphatic carbocycles. The molecule has 0 radical (unpaired) electrons. The highest BCUT2D eigenvalue weighted by molar-refractivity contribution is 6.30. The number of nitrogens with one attached hydrogen (secondary N) is 1. The molecule has 0 aromatic heterocycles. The number of hydrogen-bond donors (Lipinski definition) is 2. The molecule has 6 heteroatoms. The minimum absolute atomic E-state index is 0.0190. The van der Waals surface area contributed by atoms with Crippen LogP contribution in [0.4, 0.5) is 10.1 Å². The maximum Gasteiger partial charge on any atom is 0.251 e. The van der Waals surface area contributed by atoms with Gasteiger partial charge < -0.3 is 15.8 Å². The first-order chi connectivity index (χ1) is 10.0. The summed E-state index contributed by atoms with van der Waals surface area (Å²) in [6.45, 7) is 0.275. The van der Waals surface area contributed by atoms with E-state index in [0.29, 0.717) is 11.4 Å². The number of anilines is 1. The van der Waals surface area contributed by atoms with E-state index < -0.39 is 5.82 Å². The van der Waals surface area contributed by atoms with Gasteiger partial charge in [-0.25, -0.2) is 4.39 Å². The van der Waals surface area contributed by atoms with E-state index >= 15 is 0 Å². The third-order valence-electron chi connectivity index (χ3n) is 2.93. The first-order valence-electron chi connectivity index (χ1n) is 6.17. The van der Waals surface area contributed by atoms with E-state index in [4.69, 9.17) is 22.1 Å². The topological polar surface area (TPSA) is 64.3 Å².